The molecule has 4 rings (SSSR count). The Morgan fingerprint density at radius 3 is 2.27 bits per heavy atom. The third kappa shape index (κ3) is 15.9. The van der Waals surface area contributed by atoms with Gasteiger partial charge in [0.1, 0.15) is 11.8 Å². The van der Waals surface area contributed by atoms with E-state index in [1.807, 2.05) is 4.68 Å². The largest absolute Gasteiger partial charge is 0.494 e. The molecule has 0 radical (unpaired) electrons. The number of carbonyl (C=O) groups excluding carboxylic acids is 2. The van der Waals surface area contributed by atoms with Crippen molar-refractivity contribution in [3.63, 3.8) is 0 Å². The highest BCUT2D eigenvalue weighted by Gasteiger charge is 2.29. The maximum absolute atomic E-state index is 13.5. The van der Waals surface area contributed by atoms with Crippen LogP contribution >= 0.6 is 0 Å². The molecule has 6 N–H and O–H groups in total. The first kappa shape index (κ1) is 46.6. The van der Waals surface area contributed by atoms with Gasteiger partial charge in [0.15, 0.2) is 5.95 Å². The van der Waals surface area contributed by atoms with Crippen LogP contribution in [0.15, 0.2) is 53.8 Å². The lowest BCUT2D eigenvalue weighted by atomic mass is 10.1. The van der Waals surface area contributed by atoms with Crippen LogP contribution in [-0.4, -0.2) is 123 Å². The number of carboxylic acid groups (broad SMARTS) is 1. The molecule has 59 heavy (non-hydrogen) atoms. The number of hydrogen-bond donors (Lipinski definition) is 6. The Morgan fingerprint density at radius 1 is 0.881 bits per heavy atom. The molecule has 0 aliphatic rings. The van der Waals surface area contributed by atoms with Crippen LogP contribution in [0.2, 0.25) is 0 Å². The molecular formula is C40H58N8O10S. The number of nitrogens with one attached hydrogen (secondary N) is 5. The Labute approximate surface area is 345 Å². The summed E-state index contributed by atoms with van der Waals surface area (Å²) in [6.45, 7) is 10.2. The number of carbonyl (C=O) groups is 3. The maximum Gasteiger partial charge on any atom is 0.323 e. The van der Waals surface area contributed by atoms with Crippen LogP contribution in [0, 0.1) is 13.8 Å². The topological polar surface area (TPSA) is 237 Å². The molecule has 2 aromatic heterocycles. The van der Waals surface area contributed by atoms with Crippen LogP contribution in [0.5, 0.6) is 5.75 Å². The number of aryl methyl sites for hydroxylation is 3. The number of amides is 2. The molecule has 19 heteroatoms. The summed E-state index contributed by atoms with van der Waals surface area (Å²) in [4.78, 5) is 44.4. The number of rotatable bonds is 30. The molecular weight excluding hydrogens is 785 g/mol. The number of carboxylic acids is 1. The minimum Gasteiger partial charge on any atom is -0.494 e. The summed E-state index contributed by atoms with van der Waals surface area (Å²) in [7, 11) is -4.34. The molecule has 2 aromatic carbocycles. The first-order valence-electron chi connectivity index (χ1n) is 19.9. The molecule has 0 aliphatic heterocycles. The number of ether oxygens (including phenoxy) is 4. The molecule has 1 atom stereocenters. The highest BCUT2D eigenvalue weighted by atomic mass is 32.2. The highest BCUT2D eigenvalue weighted by molar-refractivity contribution is 7.89. The Hall–Kier alpha value is -5.08. The molecule has 0 unspecified atom stereocenters. The average Bonchev–Trinajstić information content (AvgIpc) is 3.88. The van der Waals surface area contributed by atoms with Gasteiger partial charge in [-0.3, -0.25) is 19.1 Å². The van der Waals surface area contributed by atoms with Gasteiger partial charge in [-0.25, -0.2) is 13.4 Å². The van der Waals surface area contributed by atoms with E-state index in [-0.39, 0.29) is 29.4 Å². The van der Waals surface area contributed by atoms with Gasteiger partial charge in [-0.2, -0.15) is 9.82 Å². The molecule has 2 amide bonds. The average molecular weight is 843 g/mol. The number of sulfonamides is 1. The molecule has 0 saturated heterocycles. The standard InChI is InChI=1S/C40H58N8O10S/c1-4-5-17-55-20-22-57-23-21-56-18-8-13-41-36(49)9-6-19-58-33-24-29(2)37(30(3)25-33)59(53,54)47-34(39(51)52)28-45-38(50)31-10-11-35-32(26-31)27-46-48(35)16-7-12-42-40-43-14-15-44-40/h10-11,14-15,24-27,34,47H,4-9,12-13,16-23,28H2,1-3H3,(H,41,49)(H,45,50)(H,51,52)(H2,42,43,44)/t34-/m0/s1. The Bertz CT molecular complexity index is 2000. The summed E-state index contributed by atoms with van der Waals surface area (Å²) in [5, 5.41) is 23.6. The van der Waals surface area contributed by atoms with Crippen LogP contribution in [0.1, 0.15) is 66.9 Å². The van der Waals surface area contributed by atoms with E-state index in [2.05, 4.69) is 42.7 Å². The van der Waals surface area contributed by atoms with E-state index in [0.717, 1.165) is 36.8 Å². The van der Waals surface area contributed by atoms with Crippen molar-refractivity contribution in [3.8, 4) is 5.75 Å². The fourth-order valence-electron chi connectivity index (χ4n) is 6.05. The van der Waals surface area contributed by atoms with Crippen LogP contribution in [0.25, 0.3) is 10.9 Å². The monoisotopic (exact) mass is 842 g/mol. The van der Waals surface area contributed by atoms with Gasteiger partial charge in [-0.15, -0.1) is 0 Å². The van der Waals surface area contributed by atoms with Gasteiger partial charge >= 0.3 is 5.97 Å². The number of nitrogens with zero attached hydrogens (tertiary/aromatic N) is 3. The molecule has 2 heterocycles. The fraction of sp³-hybridized carbons (Fsp3) is 0.525. The zero-order valence-electron chi connectivity index (χ0n) is 34.1. The van der Waals surface area contributed by atoms with E-state index in [1.165, 1.54) is 0 Å². The predicted molar refractivity (Wildman–Crippen MR) is 221 cm³/mol. The van der Waals surface area contributed by atoms with E-state index in [0.29, 0.717) is 88.3 Å². The Balaban J connectivity index is 1.15. The van der Waals surface area contributed by atoms with Gasteiger partial charge in [0.25, 0.3) is 5.91 Å². The number of anilines is 1. The van der Waals surface area contributed by atoms with Gasteiger partial charge in [-0.1, -0.05) is 13.3 Å². The van der Waals surface area contributed by atoms with Crippen molar-refractivity contribution in [2.75, 3.05) is 71.2 Å². The number of aliphatic carboxylic acids is 1. The second kappa shape index (κ2) is 24.8. The number of benzene rings is 2. The van der Waals surface area contributed by atoms with Crippen LogP contribution < -0.4 is 25.4 Å². The van der Waals surface area contributed by atoms with E-state index in [9.17, 15) is 27.9 Å². The number of unbranched alkanes of at least 4 members (excludes halogenated alkanes) is 1. The number of imidazole rings is 1. The highest BCUT2D eigenvalue weighted by Crippen LogP contribution is 2.26. The normalized spacial score (nSPS) is 12.1. The Kier molecular flexibility index (Phi) is 19.6. The van der Waals surface area contributed by atoms with Crippen molar-refractivity contribution in [2.45, 2.75) is 76.8 Å². The molecule has 0 spiro atoms. The Morgan fingerprint density at radius 2 is 1.59 bits per heavy atom. The first-order valence-corrected chi connectivity index (χ1v) is 21.4. The van der Waals surface area contributed by atoms with Gasteiger partial charge in [0, 0.05) is 69.2 Å². The number of aromatic nitrogens is 4. The fourth-order valence-corrected chi connectivity index (χ4v) is 7.69. The minimum atomic E-state index is -4.34. The SMILES string of the molecule is CCCCOCCOCCOCCCNC(=O)CCCOc1cc(C)c(S(=O)(=O)N[C@@H](CNC(=O)c2ccc3c(cnn3CCCNc3ncc[nH]3)c2)C(=O)O)c(C)c1. The van der Waals surface area contributed by atoms with Crippen LogP contribution in [-0.2, 0) is 40.4 Å². The summed E-state index contributed by atoms with van der Waals surface area (Å²) >= 11 is 0. The van der Waals surface area contributed by atoms with E-state index in [1.54, 1.807) is 62.8 Å². The second-order valence-electron chi connectivity index (χ2n) is 13.8. The smallest absolute Gasteiger partial charge is 0.323 e. The number of fused-ring (bicyclic) bond motifs is 1. The number of aromatic amines is 1. The van der Waals surface area contributed by atoms with E-state index >= 15 is 0 Å². The molecule has 0 fully saturated rings. The quantitative estimate of drug-likeness (QED) is 0.0413. The van der Waals surface area contributed by atoms with Crippen LogP contribution in [0.3, 0.4) is 0 Å². The summed E-state index contributed by atoms with van der Waals surface area (Å²) < 4.78 is 53.2. The second-order valence-corrected chi connectivity index (χ2v) is 15.5. The van der Waals surface area contributed by atoms with Crippen LogP contribution in [0.4, 0.5) is 5.95 Å². The van der Waals surface area contributed by atoms with Gasteiger partial charge in [-0.05, 0) is 81.0 Å². The lowest BCUT2D eigenvalue weighted by Crippen LogP contribution is -2.48. The van der Waals surface area contributed by atoms with Crippen molar-refractivity contribution < 1.29 is 46.9 Å². The third-order valence-corrected chi connectivity index (χ3v) is 10.8. The zero-order valence-corrected chi connectivity index (χ0v) is 34.9. The van der Waals surface area contributed by atoms with Crippen molar-refractivity contribution in [1.29, 1.82) is 0 Å². The van der Waals surface area contributed by atoms with Crippen molar-refractivity contribution in [3.05, 3.63) is 65.6 Å². The van der Waals surface area contributed by atoms with Crippen molar-refractivity contribution >= 4 is 44.7 Å². The van der Waals surface area contributed by atoms with Gasteiger partial charge < -0.3 is 45.0 Å². The van der Waals surface area contributed by atoms with E-state index < -0.39 is 34.5 Å². The predicted octanol–water partition coefficient (Wildman–Crippen LogP) is 3.56. The molecule has 0 aliphatic carbocycles. The van der Waals surface area contributed by atoms with E-state index in [4.69, 9.17) is 18.9 Å². The van der Waals surface area contributed by atoms with Gasteiger partial charge in [0.05, 0.1) is 49.6 Å². The number of H-pyrrole nitrogens is 1. The zero-order chi connectivity index (χ0) is 42.5. The summed E-state index contributed by atoms with van der Waals surface area (Å²) in [5.41, 5.74) is 1.77. The molecule has 4 aromatic rings. The third-order valence-electron chi connectivity index (χ3n) is 9.00. The van der Waals surface area contributed by atoms with Gasteiger partial charge in [0.2, 0.25) is 15.9 Å². The molecule has 18 nitrogen and oxygen atoms in total. The summed E-state index contributed by atoms with van der Waals surface area (Å²) in [6.07, 6.45) is 9.34. The minimum absolute atomic E-state index is 0.0927. The lowest BCUT2D eigenvalue weighted by Gasteiger charge is -2.19. The molecule has 0 bridgehead atoms. The summed E-state index contributed by atoms with van der Waals surface area (Å²) in [5.74, 6) is -1.04. The molecule has 324 valence electrons. The summed E-state index contributed by atoms with van der Waals surface area (Å²) in [6, 6.07) is 6.45. The number of hydrogen-bond acceptors (Lipinski definition) is 12. The van der Waals surface area contributed by atoms with Crippen molar-refractivity contribution in [2.24, 2.45) is 0 Å². The lowest BCUT2D eigenvalue weighted by molar-refractivity contribution is -0.138. The molecule has 0 saturated carbocycles. The maximum atomic E-state index is 13.5. The first-order chi connectivity index (χ1) is 28.5. The van der Waals surface area contributed by atoms with Crippen molar-refractivity contribution in [1.82, 2.24) is 35.1 Å².